The van der Waals surface area contributed by atoms with Crippen molar-refractivity contribution in [2.75, 3.05) is 10.0 Å². The van der Waals surface area contributed by atoms with Crippen molar-refractivity contribution in [1.29, 1.82) is 0 Å². The normalized spacial score (nSPS) is 15.7. The summed E-state index contributed by atoms with van der Waals surface area (Å²) in [4.78, 5) is 46.5. The van der Waals surface area contributed by atoms with Gasteiger partial charge in [-0.05, 0) is 42.8 Å². The summed E-state index contributed by atoms with van der Waals surface area (Å²) >= 11 is 0. The van der Waals surface area contributed by atoms with Crippen LogP contribution in [0, 0.1) is 11.3 Å². The molecule has 0 unspecified atom stereocenters. The number of benzene rings is 3. The highest BCUT2D eigenvalue weighted by molar-refractivity contribution is 6.26. The lowest BCUT2D eigenvalue weighted by Gasteiger charge is -2.34. The van der Waals surface area contributed by atoms with Gasteiger partial charge in [0.25, 0.3) is 11.8 Å². The Kier molecular flexibility index (Phi) is 7.98. The average Bonchev–Trinajstić information content (AvgIpc) is 3.57. The second kappa shape index (κ2) is 11.6. The molecule has 0 radical (unpaired) electrons. The van der Waals surface area contributed by atoms with Gasteiger partial charge in [0.05, 0.1) is 17.3 Å². The van der Waals surface area contributed by atoms with Crippen LogP contribution in [0.2, 0.25) is 0 Å². The minimum absolute atomic E-state index is 0.169. The Balaban J connectivity index is 1.64. The molecule has 1 aromatic heterocycles. The standard InChI is InChI=1S/C32H29F3N4O3/c1-2-3-19-31(27(32(33,34)35)22-26(40)28-36-20-21-37(28)23-13-7-4-8-14-23)29(41)38(24-15-9-5-10-16-24)39(30(31)42)25-17-11-6-12-18-25/h4-18,20-21,27H,2-3,19,22H2,1H3/t27-/m0/s1. The smallest absolute Gasteiger partial charge is 0.297 e. The fourth-order valence-electron chi connectivity index (χ4n) is 5.55. The van der Waals surface area contributed by atoms with E-state index in [1.54, 1.807) is 97.9 Å². The molecule has 0 spiro atoms. The molecule has 216 valence electrons. The van der Waals surface area contributed by atoms with Gasteiger partial charge in [-0.3, -0.25) is 19.0 Å². The third-order valence-corrected chi connectivity index (χ3v) is 7.58. The van der Waals surface area contributed by atoms with E-state index >= 15 is 13.2 Å². The lowest BCUT2D eigenvalue weighted by atomic mass is 9.68. The zero-order valence-corrected chi connectivity index (χ0v) is 22.9. The zero-order chi connectivity index (χ0) is 29.9. The monoisotopic (exact) mass is 574 g/mol. The number of hydrogen-bond acceptors (Lipinski definition) is 4. The van der Waals surface area contributed by atoms with Gasteiger partial charge in [-0.1, -0.05) is 74.4 Å². The van der Waals surface area contributed by atoms with Crippen LogP contribution in [0.5, 0.6) is 0 Å². The zero-order valence-electron chi connectivity index (χ0n) is 22.9. The molecular formula is C32H29F3N4O3. The second-order valence-electron chi connectivity index (χ2n) is 10.2. The van der Waals surface area contributed by atoms with Crippen LogP contribution >= 0.6 is 0 Å². The fourth-order valence-corrected chi connectivity index (χ4v) is 5.55. The minimum Gasteiger partial charge on any atom is -0.297 e. The Morgan fingerprint density at radius 3 is 1.74 bits per heavy atom. The fraction of sp³-hybridized carbons (Fsp3) is 0.250. The van der Waals surface area contributed by atoms with Crippen molar-refractivity contribution in [2.24, 2.45) is 11.3 Å². The number of para-hydroxylation sites is 3. The quantitative estimate of drug-likeness (QED) is 0.154. The number of aromatic nitrogens is 2. The summed E-state index contributed by atoms with van der Waals surface area (Å²) in [5.41, 5.74) is -1.55. The van der Waals surface area contributed by atoms with Crippen molar-refractivity contribution >= 4 is 29.0 Å². The van der Waals surface area contributed by atoms with E-state index in [4.69, 9.17) is 0 Å². The van der Waals surface area contributed by atoms with E-state index in [9.17, 15) is 14.4 Å². The van der Waals surface area contributed by atoms with Gasteiger partial charge in [-0.2, -0.15) is 13.2 Å². The predicted molar refractivity (Wildman–Crippen MR) is 152 cm³/mol. The van der Waals surface area contributed by atoms with Crippen molar-refractivity contribution in [3.63, 3.8) is 0 Å². The maximum Gasteiger partial charge on any atom is 0.393 e. The van der Waals surface area contributed by atoms with Crippen molar-refractivity contribution in [1.82, 2.24) is 9.55 Å². The molecule has 1 saturated heterocycles. The van der Waals surface area contributed by atoms with E-state index < -0.39 is 41.5 Å². The van der Waals surface area contributed by atoms with E-state index in [0.717, 1.165) is 10.0 Å². The molecule has 1 aliphatic heterocycles. The van der Waals surface area contributed by atoms with Gasteiger partial charge in [0.2, 0.25) is 0 Å². The number of amides is 2. The highest BCUT2D eigenvalue weighted by Crippen LogP contribution is 2.53. The number of hydrogen-bond donors (Lipinski definition) is 0. The summed E-state index contributed by atoms with van der Waals surface area (Å²) in [5, 5.41) is 2.03. The van der Waals surface area contributed by atoms with E-state index in [1.165, 1.54) is 17.0 Å². The van der Waals surface area contributed by atoms with Gasteiger partial charge in [0.1, 0.15) is 5.41 Å². The minimum atomic E-state index is -5.06. The maximum atomic E-state index is 15.2. The molecule has 2 amide bonds. The lowest BCUT2D eigenvalue weighted by Crippen LogP contribution is -2.50. The number of halogens is 3. The van der Waals surface area contributed by atoms with Gasteiger partial charge >= 0.3 is 6.18 Å². The Morgan fingerprint density at radius 1 is 0.810 bits per heavy atom. The van der Waals surface area contributed by atoms with Crippen LogP contribution in [0.15, 0.2) is 103 Å². The first-order chi connectivity index (χ1) is 20.2. The molecule has 1 fully saturated rings. The Labute approximate surface area is 241 Å². The molecule has 2 heterocycles. The van der Waals surface area contributed by atoms with Gasteiger partial charge in [0.15, 0.2) is 11.6 Å². The molecule has 0 aliphatic carbocycles. The third-order valence-electron chi connectivity index (χ3n) is 7.58. The number of carbonyl (C=O) groups excluding carboxylic acids is 3. The first-order valence-corrected chi connectivity index (χ1v) is 13.7. The number of carbonyl (C=O) groups is 3. The van der Waals surface area contributed by atoms with E-state index in [1.807, 2.05) is 0 Å². The molecule has 7 nitrogen and oxygen atoms in total. The van der Waals surface area contributed by atoms with Gasteiger partial charge in [0, 0.05) is 24.5 Å². The topological polar surface area (TPSA) is 75.5 Å². The molecule has 3 aromatic carbocycles. The molecule has 1 atom stereocenters. The van der Waals surface area contributed by atoms with Gasteiger partial charge in [-0.25, -0.2) is 15.0 Å². The highest BCUT2D eigenvalue weighted by Gasteiger charge is 2.69. The van der Waals surface area contributed by atoms with Crippen LogP contribution in [0.25, 0.3) is 5.69 Å². The number of Topliss-reactive ketones (excluding diaryl/α,β-unsaturated/α-hetero) is 1. The second-order valence-corrected chi connectivity index (χ2v) is 10.2. The van der Waals surface area contributed by atoms with Crippen LogP contribution in [0.1, 0.15) is 43.2 Å². The highest BCUT2D eigenvalue weighted by atomic mass is 19.4. The average molecular weight is 575 g/mol. The molecule has 0 bridgehead atoms. The van der Waals surface area contributed by atoms with Crippen molar-refractivity contribution < 1.29 is 27.6 Å². The number of unbranched alkanes of at least 4 members (excludes halogenated alkanes) is 1. The number of rotatable bonds is 10. The maximum absolute atomic E-state index is 15.2. The van der Waals surface area contributed by atoms with E-state index in [0.29, 0.717) is 12.1 Å². The Morgan fingerprint density at radius 2 is 1.29 bits per heavy atom. The third kappa shape index (κ3) is 5.08. The van der Waals surface area contributed by atoms with Crippen LogP contribution in [-0.4, -0.2) is 33.3 Å². The summed E-state index contributed by atoms with van der Waals surface area (Å²) in [6.45, 7) is 1.77. The lowest BCUT2D eigenvalue weighted by molar-refractivity contribution is -0.206. The van der Waals surface area contributed by atoms with Crippen molar-refractivity contribution in [2.45, 2.75) is 38.8 Å². The number of imidazole rings is 1. The number of alkyl halides is 3. The number of ketones is 1. The van der Waals surface area contributed by atoms with Crippen LogP contribution in [-0.2, 0) is 9.59 Å². The first-order valence-electron chi connectivity index (χ1n) is 13.7. The number of hydrazine groups is 1. The SMILES string of the molecule is CCCCC1([C@H](CC(=O)c2nccn2-c2ccccc2)C(F)(F)F)C(=O)N(c2ccccc2)N(c2ccccc2)C1=O. The molecule has 0 N–H and O–H groups in total. The Bertz CT molecular complexity index is 1500. The summed E-state index contributed by atoms with van der Waals surface area (Å²) < 4.78 is 46.9. The van der Waals surface area contributed by atoms with Crippen LogP contribution in [0.4, 0.5) is 24.5 Å². The predicted octanol–water partition coefficient (Wildman–Crippen LogP) is 6.80. The molecule has 42 heavy (non-hydrogen) atoms. The van der Waals surface area contributed by atoms with E-state index in [-0.39, 0.29) is 30.0 Å². The molecule has 0 saturated carbocycles. The van der Waals surface area contributed by atoms with Crippen LogP contribution < -0.4 is 10.0 Å². The number of anilines is 2. The van der Waals surface area contributed by atoms with E-state index in [2.05, 4.69) is 4.98 Å². The molecular weight excluding hydrogens is 545 g/mol. The summed E-state index contributed by atoms with van der Waals surface area (Å²) in [6, 6.07) is 24.8. The molecule has 10 heteroatoms. The van der Waals surface area contributed by atoms with Gasteiger partial charge < -0.3 is 0 Å². The molecule has 4 aromatic rings. The first kappa shape index (κ1) is 28.8. The summed E-state index contributed by atoms with van der Waals surface area (Å²) in [7, 11) is 0. The molecule has 1 aliphatic rings. The number of nitrogens with zero attached hydrogens (tertiary/aromatic N) is 4. The van der Waals surface area contributed by atoms with Crippen molar-refractivity contribution in [3.8, 4) is 5.69 Å². The largest absolute Gasteiger partial charge is 0.393 e. The van der Waals surface area contributed by atoms with Gasteiger partial charge in [-0.15, -0.1) is 0 Å². The molecule has 5 rings (SSSR count). The summed E-state index contributed by atoms with van der Waals surface area (Å²) in [5.74, 6) is -5.76. The van der Waals surface area contributed by atoms with Crippen LogP contribution in [0.3, 0.4) is 0 Å². The van der Waals surface area contributed by atoms with Crippen molar-refractivity contribution in [3.05, 3.63) is 109 Å². The Hall–Kier alpha value is -4.73. The summed E-state index contributed by atoms with van der Waals surface area (Å²) in [6.07, 6.45) is -3.14.